The average molecular weight is 429 g/mol. The van der Waals surface area contributed by atoms with Gasteiger partial charge in [-0.3, -0.25) is 14.1 Å². The summed E-state index contributed by atoms with van der Waals surface area (Å²) in [5, 5.41) is 17.3. The summed E-state index contributed by atoms with van der Waals surface area (Å²) in [6.07, 6.45) is 0.667. The van der Waals surface area contributed by atoms with Crippen molar-refractivity contribution in [2.75, 3.05) is 10.8 Å². The maximum Gasteiger partial charge on any atom is 0.283 e. The molecule has 0 saturated carbocycles. The Morgan fingerprint density at radius 1 is 1.03 bits per heavy atom. The zero-order valence-electron chi connectivity index (χ0n) is 14.9. The van der Waals surface area contributed by atoms with Gasteiger partial charge in [0.1, 0.15) is 0 Å². The Morgan fingerprint density at radius 2 is 1.76 bits per heavy atom. The van der Waals surface area contributed by atoms with Gasteiger partial charge in [-0.1, -0.05) is 18.2 Å². The number of hydrogen-bond acceptors (Lipinski definition) is 7. The summed E-state index contributed by atoms with van der Waals surface area (Å²) in [6.45, 7) is 0.389. The van der Waals surface area contributed by atoms with E-state index in [2.05, 4.69) is 20.2 Å². The van der Waals surface area contributed by atoms with Crippen molar-refractivity contribution in [1.82, 2.24) is 9.97 Å². The molecule has 1 aliphatic heterocycles. The molecule has 1 aliphatic rings. The molecule has 2 aromatic carbocycles. The van der Waals surface area contributed by atoms with E-state index in [-0.39, 0.29) is 15.4 Å². The van der Waals surface area contributed by atoms with Gasteiger partial charge in [0.2, 0.25) is 11.6 Å². The van der Waals surface area contributed by atoms with Crippen LogP contribution in [0.1, 0.15) is 5.56 Å². The molecule has 0 atom stereocenters. The molecule has 1 aromatic heterocycles. The van der Waals surface area contributed by atoms with Crippen molar-refractivity contribution in [1.29, 1.82) is 0 Å². The third kappa shape index (κ3) is 3.57. The van der Waals surface area contributed by atoms with Crippen LogP contribution in [0.5, 0.6) is 5.88 Å². The van der Waals surface area contributed by atoms with Crippen LogP contribution in [0.15, 0.2) is 68.4 Å². The number of fused-ring (bicyclic) bond motifs is 1. The first kappa shape index (κ1) is 19.0. The van der Waals surface area contributed by atoms with E-state index in [4.69, 9.17) is 12.2 Å². The lowest BCUT2D eigenvalue weighted by Crippen LogP contribution is -2.29. The molecule has 2 heterocycles. The SMILES string of the molecule is O=c1[nH]c(=S)[nH]c(O)c1N=Nc1ccc(S(=O)(=O)N2CCc3ccccc32)cc1. The first-order valence-electron chi connectivity index (χ1n) is 8.54. The summed E-state index contributed by atoms with van der Waals surface area (Å²) in [5.74, 6) is -0.505. The summed E-state index contributed by atoms with van der Waals surface area (Å²) in [5.41, 5.74) is 0.971. The number of aromatic nitrogens is 2. The largest absolute Gasteiger partial charge is 0.493 e. The third-order valence-electron chi connectivity index (χ3n) is 4.43. The maximum absolute atomic E-state index is 13.0. The minimum Gasteiger partial charge on any atom is -0.493 e. The zero-order valence-corrected chi connectivity index (χ0v) is 16.5. The Morgan fingerprint density at radius 3 is 2.48 bits per heavy atom. The number of sulfonamides is 1. The second-order valence-corrected chi connectivity index (χ2v) is 8.53. The highest BCUT2D eigenvalue weighted by atomic mass is 32.2. The normalized spacial score (nSPS) is 13.7. The highest BCUT2D eigenvalue weighted by molar-refractivity contribution is 7.92. The number of aromatic hydroxyl groups is 1. The molecule has 0 saturated heterocycles. The van der Waals surface area contributed by atoms with E-state index in [1.807, 2.05) is 18.2 Å². The van der Waals surface area contributed by atoms with Crippen molar-refractivity contribution in [2.45, 2.75) is 11.3 Å². The number of hydrogen-bond donors (Lipinski definition) is 3. The molecular formula is C18H15N5O4S2. The van der Waals surface area contributed by atoms with Gasteiger partial charge in [-0.15, -0.1) is 5.11 Å². The maximum atomic E-state index is 13.0. The topological polar surface area (TPSA) is 131 Å². The molecule has 9 nitrogen and oxygen atoms in total. The van der Waals surface area contributed by atoms with Crippen LogP contribution in [-0.2, 0) is 16.4 Å². The predicted octanol–water partition coefficient (Wildman–Crippen LogP) is 3.30. The van der Waals surface area contributed by atoms with Gasteiger partial charge in [0.25, 0.3) is 15.6 Å². The Kier molecular flexibility index (Phi) is 4.76. The molecule has 0 radical (unpaired) electrons. The van der Waals surface area contributed by atoms with Crippen LogP contribution in [0.4, 0.5) is 17.1 Å². The number of H-pyrrole nitrogens is 2. The molecule has 4 rings (SSSR count). The van der Waals surface area contributed by atoms with Crippen LogP contribution in [0, 0.1) is 4.77 Å². The van der Waals surface area contributed by atoms with Gasteiger partial charge in [-0.05, 0) is 54.5 Å². The number of rotatable bonds is 4. The molecular weight excluding hydrogens is 414 g/mol. The molecule has 3 N–H and O–H groups in total. The fourth-order valence-electron chi connectivity index (χ4n) is 3.04. The van der Waals surface area contributed by atoms with Gasteiger partial charge in [0.15, 0.2) is 4.77 Å². The van der Waals surface area contributed by atoms with Crippen molar-refractivity contribution >= 4 is 39.3 Å². The van der Waals surface area contributed by atoms with Crippen molar-refractivity contribution in [3.8, 4) is 5.88 Å². The van der Waals surface area contributed by atoms with Crippen LogP contribution in [0.2, 0.25) is 0 Å². The van der Waals surface area contributed by atoms with Gasteiger partial charge in [-0.2, -0.15) is 5.11 Å². The smallest absolute Gasteiger partial charge is 0.283 e. The molecule has 29 heavy (non-hydrogen) atoms. The highest BCUT2D eigenvalue weighted by Gasteiger charge is 2.30. The first-order valence-corrected chi connectivity index (χ1v) is 10.4. The number of nitrogens with one attached hydrogen (secondary N) is 2. The molecule has 148 valence electrons. The van der Waals surface area contributed by atoms with E-state index in [1.165, 1.54) is 28.6 Å². The first-order chi connectivity index (χ1) is 13.9. The van der Waals surface area contributed by atoms with Crippen molar-refractivity contribution in [3.05, 3.63) is 69.2 Å². The van der Waals surface area contributed by atoms with Gasteiger partial charge in [-0.25, -0.2) is 8.42 Å². The van der Waals surface area contributed by atoms with Crippen LogP contribution in [0.25, 0.3) is 0 Å². The molecule has 11 heteroatoms. The number of benzene rings is 2. The predicted molar refractivity (Wildman–Crippen MR) is 109 cm³/mol. The van der Waals surface area contributed by atoms with E-state index >= 15 is 0 Å². The molecule has 0 bridgehead atoms. The third-order valence-corrected chi connectivity index (χ3v) is 6.46. The molecule has 0 spiro atoms. The summed E-state index contributed by atoms with van der Waals surface area (Å²) >= 11 is 4.74. The van der Waals surface area contributed by atoms with Crippen molar-refractivity contribution < 1.29 is 13.5 Å². The molecule has 0 fully saturated rings. The van der Waals surface area contributed by atoms with E-state index in [1.54, 1.807) is 6.07 Å². The lowest BCUT2D eigenvalue weighted by atomic mass is 10.2. The van der Waals surface area contributed by atoms with Crippen molar-refractivity contribution in [2.24, 2.45) is 10.2 Å². The quantitative estimate of drug-likeness (QED) is 0.433. The van der Waals surface area contributed by atoms with E-state index < -0.39 is 21.5 Å². The van der Waals surface area contributed by atoms with Crippen LogP contribution in [0.3, 0.4) is 0 Å². The Bertz CT molecular complexity index is 1330. The van der Waals surface area contributed by atoms with Crippen LogP contribution < -0.4 is 9.86 Å². The minimum atomic E-state index is -3.70. The molecule has 0 aliphatic carbocycles. The summed E-state index contributed by atoms with van der Waals surface area (Å²) in [6, 6.07) is 13.2. The van der Waals surface area contributed by atoms with Gasteiger partial charge >= 0.3 is 0 Å². The van der Waals surface area contributed by atoms with Crippen molar-refractivity contribution in [3.63, 3.8) is 0 Å². The number of azo groups is 1. The number of anilines is 1. The van der Waals surface area contributed by atoms with Crippen LogP contribution >= 0.6 is 12.2 Å². The number of nitrogens with zero attached hydrogens (tertiary/aromatic N) is 3. The van der Waals surface area contributed by atoms with E-state index in [0.29, 0.717) is 24.3 Å². The Balaban J connectivity index is 1.60. The monoisotopic (exact) mass is 429 g/mol. The molecule has 0 unspecified atom stereocenters. The number of aromatic amines is 2. The minimum absolute atomic E-state index is 0.0375. The average Bonchev–Trinajstić information content (AvgIpc) is 3.12. The summed E-state index contributed by atoms with van der Waals surface area (Å²) in [4.78, 5) is 16.5. The zero-order chi connectivity index (χ0) is 20.6. The highest BCUT2D eigenvalue weighted by Crippen LogP contribution is 2.33. The Hall–Kier alpha value is -3.31. The lowest BCUT2D eigenvalue weighted by Gasteiger charge is -2.19. The fourth-order valence-corrected chi connectivity index (χ4v) is 4.73. The molecule has 3 aromatic rings. The van der Waals surface area contributed by atoms with Gasteiger partial charge in [0, 0.05) is 6.54 Å². The second kappa shape index (κ2) is 7.26. The fraction of sp³-hybridized carbons (Fsp3) is 0.111. The Labute approximate surface area is 170 Å². The van der Waals surface area contributed by atoms with Crippen LogP contribution in [-0.4, -0.2) is 30.0 Å². The summed E-state index contributed by atoms with van der Waals surface area (Å²) in [7, 11) is -3.70. The van der Waals surface area contributed by atoms with E-state index in [9.17, 15) is 18.3 Å². The lowest BCUT2D eigenvalue weighted by molar-refractivity contribution is 0.451. The standard InChI is InChI=1S/C18H15N5O4S2/c24-16-15(17(25)20-18(28)19-16)22-21-12-5-7-13(8-6-12)29(26,27)23-10-9-11-3-1-2-4-14(11)23/h1-8H,9-10H2,(H3,19,20,24,25,28). The van der Waals surface area contributed by atoms with Gasteiger partial charge < -0.3 is 10.1 Å². The second-order valence-electron chi connectivity index (χ2n) is 6.26. The summed E-state index contributed by atoms with van der Waals surface area (Å²) < 4.78 is 27.3. The molecule has 0 amide bonds. The van der Waals surface area contributed by atoms with E-state index in [0.717, 1.165) is 5.56 Å². The van der Waals surface area contributed by atoms with Gasteiger partial charge in [0.05, 0.1) is 16.3 Å². The number of para-hydroxylation sites is 1.